The number of aromatic hydroxyl groups is 1. The van der Waals surface area contributed by atoms with Gasteiger partial charge in [0.15, 0.2) is 4.77 Å². The lowest BCUT2D eigenvalue weighted by atomic mass is 10.2. The molecule has 0 fully saturated rings. The Labute approximate surface area is 165 Å². The third-order valence-corrected chi connectivity index (χ3v) is 4.15. The monoisotopic (exact) mass is 395 g/mol. The molecule has 0 spiro atoms. The molecule has 0 aliphatic carbocycles. The van der Waals surface area contributed by atoms with Gasteiger partial charge in [-0.3, -0.25) is 14.3 Å². The summed E-state index contributed by atoms with van der Waals surface area (Å²) in [7, 11) is 0. The number of para-hydroxylation sites is 2. The van der Waals surface area contributed by atoms with Gasteiger partial charge in [-0.1, -0.05) is 36.4 Å². The predicted octanol–water partition coefficient (Wildman–Crippen LogP) is 3.06. The largest absolute Gasteiger partial charge is 0.494 e. The Morgan fingerprint density at radius 3 is 2.57 bits per heavy atom. The molecule has 0 atom stereocenters. The van der Waals surface area contributed by atoms with Crippen molar-refractivity contribution in [1.82, 2.24) is 15.0 Å². The Bertz CT molecular complexity index is 1150. The number of nitrogens with zero attached hydrogens (tertiary/aromatic N) is 2. The molecule has 1 aromatic heterocycles. The van der Waals surface area contributed by atoms with Gasteiger partial charge in [0, 0.05) is 5.69 Å². The van der Waals surface area contributed by atoms with Crippen LogP contribution in [0.25, 0.3) is 5.69 Å². The molecule has 2 amide bonds. The number of urea groups is 1. The number of hydrogen-bond acceptors (Lipinski definition) is 5. The first-order chi connectivity index (χ1) is 13.5. The van der Waals surface area contributed by atoms with E-state index in [0.29, 0.717) is 11.4 Å². The van der Waals surface area contributed by atoms with Gasteiger partial charge in [0.25, 0.3) is 5.56 Å². The van der Waals surface area contributed by atoms with Crippen LogP contribution in [0.15, 0.2) is 64.5 Å². The van der Waals surface area contributed by atoms with Gasteiger partial charge in [-0.15, -0.1) is 0 Å². The van der Waals surface area contributed by atoms with Crippen LogP contribution in [0.5, 0.6) is 5.88 Å². The van der Waals surface area contributed by atoms with Crippen molar-refractivity contribution in [2.75, 3.05) is 5.32 Å². The van der Waals surface area contributed by atoms with Gasteiger partial charge in [0.05, 0.1) is 11.9 Å². The van der Waals surface area contributed by atoms with Gasteiger partial charge >= 0.3 is 6.03 Å². The fourth-order valence-corrected chi connectivity index (χ4v) is 2.81. The highest BCUT2D eigenvalue weighted by Gasteiger charge is 2.13. The van der Waals surface area contributed by atoms with E-state index in [1.165, 1.54) is 4.57 Å². The molecule has 9 heteroatoms. The summed E-state index contributed by atoms with van der Waals surface area (Å²) in [6.07, 6.45) is 1.06. The van der Waals surface area contributed by atoms with Gasteiger partial charge in [0.2, 0.25) is 5.88 Å². The van der Waals surface area contributed by atoms with E-state index < -0.39 is 11.6 Å². The van der Waals surface area contributed by atoms with Crippen LogP contribution in [0.3, 0.4) is 0 Å². The van der Waals surface area contributed by atoms with Crippen molar-refractivity contribution in [3.63, 3.8) is 0 Å². The van der Waals surface area contributed by atoms with Crippen LogP contribution in [0.4, 0.5) is 10.5 Å². The zero-order valence-corrected chi connectivity index (χ0v) is 15.7. The van der Waals surface area contributed by atoms with Crippen molar-refractivity contribution in [2.45, 2.75) is 6.92 Å². The Hall–Kier alpha value is -3.72. The number of H-pyrrole nitrogens is 1. The maximum atomic E-state index is 12.2. The molecule has 3 rings (SSSR count). The van der Waals surface area contributed by atoms with E-state index in [9.17, 15) is 14.7 Å². The third-order valence-electron chi connectivity index (χ3n) is 3.87. The number of carbonyl (C=O) groups is 1. The van der Waals surface area contributed by atoms with E-state index in [1.807, 2.05) is 25.1 Å². The number of aromatic nitrogens is 2. The fraction of sp³-hybridized carbons (Fsp3) is 0.0526. The second-order valence-corrected chi connectivity index (χ2v) is 6.20. The number of hydrogen-bond donors (Lipinski definition) is 4. The molecule has 28 heavy (non-hydrogen) atoms. The molecule has 0 aliphatic rings. The molecular formula is C19H17N5O3S. The van der Waals surface area contributed by atoms with Crippen LogP contribution < -0.4 is 16.3 Å². The van der Waals surface area contributed by atoms with Gasteiger partial charge < -0.3 is 10.4 Å². The summed E-state index contributed by atoms with van der Waals surface area (Å²) in [5.74, 6) is -0.378. The topological polar surface area (TPSA) is 112 Å². The highest BCUT2D eigenvalue weighted by molar-refractivity contribution is 7.71. The van der Waals surface area contributed by atoms with Crippen LogP contribution >= 0.6 is 12.2 Å². The number of aromatic amines is 1. The van der Waals surface area contributed by atoms with E-state index >= 15 is 0 Å². The standard InChI is InChI=1S/C19H17N5O3S/c1-12-7-5-6-10-15(12)24-17(26)14(16(25)22-19(24)28)11-20-23-18(27)21-13-8-3-2-4-9-13/h2-11,26H,1H3,(H2,21,23,27)(H,22,25,28)/b20-11+. The van der Waals surface area contributed by atoms with E-state index in [-0.39, 0.29) is 16.2 Å². The summed E-state index contributed by atoms with van der Waals surface area (Å²) in [4.78, 5) is 26.5. The number of anilines is 1. The van der Waals surface area contributed by atoms with Crippen LogP contribution in [0.1, 0.15) is 11.1 Å². The van der Waals surface area contributed by atoms with Crippen molar-refractivity contribution in [1.29, 1.82) is 0 Å². The van der Waals surface area contributed by atoms with Crippen LogP contribution in [-0.4, -0.2) is 26.9 Å². The lowest BCUT2D eigenvalue weighted by Gasteiger charge is -2.13. The normalized spacial score (nSPS) is 10.8. The molecule has 4 N–H and O–H groups in total. The van der Waals surface area contributed by atoms with Crippen molar-refractivity contribution in [2.24, 2.45) is 5.10 Å². The van der Waals surface area contributed by atoms with Crippen molar-refractivity contribution in [3.8, 4) is 11.6 Å². The first-order valence-corrected chi connectivity index (χ1v) is 8.67. The van der Waals surface area contributed by atoms with Gasteiger partial charge in [-0.05, 0) is 42.9 Å². The molecule has 8 nitrogen and oxygen atoms in total. The molecule has 0 radical (unpaired) electrons. The van der Waals surface area contributed by atoms with E-state index in [2.05, 4.69) is 20.8 Å². The predicted molar refractivity (Wildman–Crippen MR) is 110 cm³/mol. The van der Waals surface area contributed by atoms with Gasteiger partial charge in [0.1, 0.15) is 5.56 Å². The van der Waals surface area contributed by atoms with Crippen molar-refractivity contribution >= 4 is 30.2 Å². The lowest BCUT2D eigenvalue weighted by Crippen LogP contribution is -2.25. The van der Waals surface area contributed by atoms with Crippen molar-refractivity contribution in [3.05, 3.63) is 80.8 Å². The minimum atomic E-state index is -0.624. The molecule has 0 aliphatic heterocycles. The highest BCUT2D eigenvalue weighted by atomic mass is 32.1. The van der Waals surface area contributed by atoms with Crippen LogP contribution in [-0.2, 0) is 0 Å². The first-order valence-electron chi connectivity index (χ1n) is 8.27. The summed E-state index contributed by atoms with van der Waals surface area (Å²) < 4.78 is 1.38. The average molecular weight is 395 g/mol. The maximum absolute atomic E-state index is 12.2. The summed E-state index contributed by atoms with van der Waals surface area (Å²) in [6, 6.07) is 15.5. The zero-order valence-electron chi connectivity index (χ0n) is 14.8. The molecule has 0 bridgehead atoms. The van der Waals surface area contributed by atoms with E-state index in [0.717, 1.165) is 11.8 Å². The maximum Gasteiger partial charge on any atom is 0.339 e. The van der Waals surface area contributed by atoms with Crippen molar-refractivity contribution < 1.29 is 9.90 Å². The molecule has 1 heterocycles. The number of hydrazone groups is 1. The molecular weight excluding hydrogens is 378 g/mol. The Morgan fingerprint density at radius 1 is 1.18 bits per heavy atom. The second-order valence-electron chi connectivity index (χ2n) is 5.81. The van der Waals surface area contributed by atoms with Gasteiger partial charge in [-0.25, -0.2) is 10.2 Å². The Morgan fingerprint density at radius 2 is 1.86 bits per heavy atom. The molecule has 142 valence electrons. The second kappa shape index (κ2) is 8.31. The minimum Gasteiger partial charge on any atom is -0.494 e. The van der Waals surface area contributed by atoms with E-state index in [1.54, 1.807) is 36.4 Å². The molecule has 0 unspecified atom stereocenters. The Kier molecular flexibility index (Phi) is 5.66. The Balaban J connectivity index is 1.86. The average Bonchev–Trinajstić information content (AvgIpc) is 2.66. The molecule has 3 aromatic rings. The highest BCUT2D eigenvalue weighted by Crippen LogP contribution is 2.21. The SMILES string of the molecule is Cc1ccccc1-n1c(O)c(/C=N/NC(=O)Nc2ccccc2)c(=O)[nH]c1=S. The zero-order chi connectivity index (χ0) is 20.1. The number of nitrogens with one attached hydrogen (secondary N) is 3. The van der Waals surface area contributed by atoms with Crippen LogP contribution in [0.2, 0.25) is 0 Å². The number of amides is 2. The van der Waals surface area contributed by atoms with E-state index in [4.69, 9.17) is 12.2 Å². The summed E-state index contributed by atoms with van der Waals surface area (Å²) in [5, 5.41) is 16.9. The smallest absolute Gasteiger partial charge is 0.339 e. The number of rotatable bonds is 4. The summed E-state index contributed by atoms with van der Waals surface area (Å²) in [6.45, 7) is 1.85. The first kappa shape index (κ1) is 19.1. The van der Waals surface area contributed by atoms with Crippen LogP contribution in [0, 0.1) is 11.7 Å². The molecule has 0 saturated heterocycles. The van der Waals surface area contributed by atoms with Gasteiger partial charge in [-0.2, -0.15) is 5.10 Å². The lowest BCUT2D eigenvalue weighted by molar-refractivity contribution is 0.252. The number of benzene rings is 2. The fourth-order valence-electron chi connectivity index (χ4n) is 2.53. The minimum absolute atomic E-state index is 0.0451. The number of carbonyl (C=O) groups excluding carboxylic acids is 1. The molecule has 2 aromatic carbocycles. The summed E-state index contributed by atoms with van der Waals surface area (Å²) >= 11 is 5.18. The molecule has 0 saturated carbocycles. The summed E-state index contributed by atoms with van der Waals surface area (Å²) in [5.41, 5.74) is 3.53. The quantitative estimate of drug-likeness (QED) is 0.309. The third kappa shape index (κ3) is 4.15. The number of aryl methyl sites for hydroxylation is 1.